The van der Waals surface area contributed by atoms with Crippen molar-refractivity contribution >= 4 is 22.9 Å². The summed E-state index contributed by atoms with van der Waals surface area (Å²) in [6.45, 7) is 2.08. The summed E-state index contributed by atoms with van der Waals surface area (Å²) in [6.07, 6.45) is -0.581. The van der Waals surface area contributed by atoms with Gasteiger partial charge in [0, 0.05) is 16.5 Å². The molecule has 0 fully saturated rings. The van der Waals surface area contributed by atoms with Crippen LogP contribution in [-0.2, 0) is 11.3 Å². The number of hydrogen-bond donors (Lipinski definition) is 0. The van der Waals surface area contributed by atoms with Crippen molar-refractivity contribution in [2.75, 3.05) is 4.90 Å². The summed E-state index contributed by atoms with van der Waals surface area (Å²) >= 11 is 1.58. The molecule has 6 heteroatoms. The minimum atomic E-state index is -0.581. The van der Waals surface area contributed by atoms with Crippen molar-refractivity contribution in [2.45, 2.75) is 19.6 Å². The number of ether oxygens (including phenoxy) is 1. The van der Waals surface area contributed by atoms with Crippen LogP contribution in [0.4, 0.5) is 10.1 Å². The highest BCUT2D eigenvalue weighted by molar-refractivity contribution is 7.13. The molecule has 0 saturated carbocycles. The van der Waals surface area contributed by atoms with Gasteiger partial charge in [0.15, 0.2) is 6.10 Å². The highest BCUT2D eigenvalue weighted by Gasteiger charge is 2.32. The van der Waals surface area contributed by atoms with E-state index in [2.05, 4.69) is 0 Å². The third kappa shape index (κ3) is 3.82. The minimum Gasteiger partial charge on any atom is -0.479 e. The van der Waals surface area contributed by atoms with Crippen molar-refractivity contribution in [1.29, 1.82) is 0 Å². The number of rotatable bonds is 4. The van der Waals surface area contributed by atoms with Gasteiger partial charge >= 0.3 is 0 Å². The van der Waals surface area contributed by atoms with Gasteiger partial charge in [-0.15, -0.1) is 11.3 Å². The van der Waals surface area contributed by atoms with Gasteiger partial charge in [-0.3, -0.25) is 4.79 Å². The normalized spacial score (nSPS) is 15.5. The maximum atomic E-state index is 13.3. The molecule has 3 aromatic carbocycles. The Balaban J connectivity index is 1.51. The van der Waals surface area contributed by atoms with Crippen LogP contribution in [0.1, 0.15) is 12.5 Å². The number of thiazole rings is 1. The predicted molar refractivity (Wildman–Crippen MR) is 121 cm³/mol. The van der Waals surface area contributed by atoms with Gasteiger partial charge in [-0.1, -0.05) is 42.5 Å². The molecule has 1 aliphatic heterocycles. The highest BCUT2D eigenvalue weighted by atomic mass is 32.1. The molecule has 1 atom stereocenters. The van der Waals surface area contributed by atoms with E-state index in [1.807, 2.05) is 53.9 Å². The lowest BCUT2D eigenvalue weighted by Gasteiger charge is -2.33. The average Bonchev–Trinajstić information content (AvgIpc) is 3.29. The standard InChI is InChI=1S/C25H19FN2O2S/c1-16-25(29)28(14-17-7-10-20(26)11-8-17)22-13-19(9-12-23(22)30-16)21-15-31-24(27-21)18-5-3-2-4-6-18/h2-13,15-16H,14H2,1H3. The van der Waals surface area contributed by atoms with Crippen LogP contribution in [0.5, 0.6) is 5.75 Å². The lowest BCUT2D eigenvalue weighted by atomic mass is 10.1. The molecule has 4 aromatic rings. The van der Waals surface area contributed by atoms with Gasteiger partial charge < -0.3 is 9.64 Å². The van der Waals surface area contributed by atoms with Crippen molar-refractivity contribution in [3.63, 3.8) is 0 Å². The molecule has 1 unspecified atom stereocenters. The van der Waals surface area contributed by atoms with Crippen LogP contribution >= 0.6 is 11.3 Å². The number of carbonyl (C=O) groups excluding carboxylic acids is 1. The topological polar surface area (TPSA) is 42.4 Å². The third-order valence-corrected chi connectivity index (χ3v) is 6.13. The predicted octanol–water partition coefficient (Wildman–Crippen LogP) is 5.93. The number of hydrogen-bond acceptors (Lipinski definition) is 4. The summed E-state index contributed by atoms with van der Waals surface area (Å²) in [6, 6.07) is 22.0. The van der Waals surface area contributed by atoms with E-state index in [0.29, 0.717) is 18.0 Å². The number of halogens is 1. The molecule has 0 N–H and O–H groups in total. The van der Waals surface area contributed by atoms with Gasteiger partial charge in [0.2, 0.25) is 0 Å². The van der Waals surface area contributed by atoms with E-state index in [9.17, 15) is 9.18 Å². The van der Waals surface area contributed by atoms with E-state index >= 15 is 0 Å². The molecule has 0 saturated heterocycles. The molecule has 0 spiro atoms. The van der Waals surface area contributed by atoms with Gasteiger partial charge in [-0.25, -0.2) is 9.37 Å². The Morgan fingerprint density at radius 1 is 1.03 bits per heavy atom. The zero-order valence-electron chi connectivity index (χ0n) is 16.8. The number of amides is 1. The lowest BCUT2D eigenvalue weighted by Crippen LogP contribution is -2.44. The number of aromatic nitrogens is 1. The summed E-state index contributed by atoms with van der Waals surface area (Å²) in [5.74, 6) is 0.222. The van der Waals surface area contributed by atoms with Gasteiger partial charge in [0.05, 0.1) is 17.9 Å². The second-order valence-electron chi connectivity index (χ2n) is 7.40. The fourth-order valence-electron chi connectivity index (χ4n) is 3.62. The van der Waals surface area contributed by atoms with Crippen LogP contribution in [-0.4, -0.2) is 17.0 Å². The quantitative estimate of drug-likeness (QED) is 0.403. The molecule has 154 valence electrons. The summed E-state index contributed by atoms with van der Waals surface area (Å²) in [4.78, 5) is 19.4. The molecule has 0 radical (unpaired) electrons. The maximum absolute atomic E-state index is 13.3. The van der Waals surface area contributed by atoms with Crippen LogP contribution in [0, 0.1) is 5.82 Å². The van der Waals surface area contributed by atoms with E-state index < -0.39 is 6.10 Å². The van der Waals surface area contributed by atoms with E-state index in [4.69, 9.17) is 9.72 Å². The van der Waals surface area contributed by atoms with Crippen LogP contribution in [0.15, 0.2) is 78.2 Å². The fraction of sp³-hybridized carbons (Fsp3) is 0.120. The van der Waals surface area contributed by atoms with Crippen molar-refractivity contribution in [3.05, 3.63) is 89.6 Å². The van der Waals surface area contributed by atoms with E-state index in [0.717, 1.165) is 27.4 Å². The minimum absolute atomic E-state index is 0.128. The smallest absolute Gasteiger partial charge is 0.268 e. The molecule has 1 aliphatic rings. The average molecular weight is 431 g/mol. The molecule has 1 amide bonds. The summed E-state index contributed by atoms with van der Waals surface area (Å²) in [7, 11) is 0. The van der Waals surface area contributed by atoms with Crippen molar-refractivity contribution < 1.29 is 13.9 Å². The van der Waals surface area contributed by atoms with Crippen molar-refractivity contribution in [3.8, 4) is 27.6 Å². The first-order valence-corrected chi connectivity index (χ1v) is 10.8. The Kier molecular flexibility index (Phi) is 5.00. The van der Waals surface area contributed by atoms with E-state index in [1.165, 1.54) is 12.1 Å². The first-order chi connectivity index (χ1) is 15.1. The lowest BCUT2D eigenvalue weighted by molar-refractivity contribution is -0.125. The molecule has 1 aromatic heterocycles. The number of nitrogens with zero attached hydrogens (tertiary/aromatic N) is 2. The first kappa shape index (κ1) is 19.5. The zero-order chi connectivity index (χ0) is 21.4. The van der Waals surface area contributed by atoms with Gasteiger partial charge in [0.1, 0.15) is 16.6 Å². The molecule has 0 bridgehead atoms. The van der Waals surface area contributed by atoms with Crippen LogP contribution < -0.4 is 9.64 Å². The van der Waals surface area contributed by atoms with Gasteiger partial charge in [-0.05, 0) is 42.8 Å². The summed E-state index contributed by atoms with van der Waals surface area (Å²) < 4.78 is 19.1. The largest absolute Gasteiger partial charge is 0.479 e. The second-order valence-corrected chi connectivity index (χ2v) is 8.26. The molecule has 0 aliphatic carbocycles. The first-order valence-electron chi connectivity index (χ1n) is 9.96. The highest BCUT2D eigenvalue weighted by Crippen LogP contribution is 2.39. The molecular formula is C25H19FN2O2S. The van der Waals surface area contributed by atoms with Crippen molar-refractivity contribution in [2.24, 2.45) is 0 Å². The monoisotopic (exact) mass is 430 g/mol. The third-order valence-electron chi connectivity index (χ3n) is 5.24. The molecule has 31 heavy (non-hydrogen) atoms. The molecule has 2 heterocycles. The van der Waals surface area contributed by atoms with Crippen molar-refractivity contribution in [1.82, 2.24) is 4.98 Å². The van der Waals surface area contributed by atoms with Crippen LogP contribution in [0.25, 0.3) is 21.8 Å². The number of anilines is 1. The Morgan fingerprint density at radius 2 is 1.81 bits per heavy atom. The summed E-state index contributed by atoms with van der Waals surface area (Å²) in [5, 5.41) is 2.96. The Hall–Kier alpha value is -3.51. The Labute approximate surface area is 183 Å². The SMILES string of the molecule is CC1Oc2ccc(-c3csc(-c4ccccc4)n3)cc2N(Cc2ccc(F)cc2)C1=O. The number of benzene rings is 3. The maximum Gasteiger partial charge on any atom is 0.268 e. The number of fused-ring (bicyclic) bond motifs is 1. The summed E-state index contributed by atoms with van der Waals surface area (Å²) in [5.41, 5.74) is 4.37. The molecule has 5 rings (SSSR count). The van der Waals surface area contributed by atoms with Gasteiger partial charge in [0.25, 0.3) is 5.91 Å². The second kappa shape index (κ2) is 7.96. The van der Waals surface area contributed by atoms with E-state index in [1.54, 1.807) is 35.3 Å². The molecular weight excluding hydrogens is 411 g/mol. The van der Waals surface area contributed by atoms with E-state index in [-0.39, 0.29) is 11.7 Å². The van der Waals surface area contributed by atoms with Crippen LogP contribution in [0.3, 0.4) is 0 Å². The van der Waals surface area contributed by atoms with Gasteiger partial charge in [-0.2, -0.15) is 0 Å². The Bertz CT molecular complexity index is 1240. The van der Waals surface area contributed by atoms with Crippen LogP contribution in [0.2, 0.25) is 0 Å². The molecule has 4 nitrogen and oxygen atoms in total. The fourth-order valence-corrected chi connectivity index (χ4v) is 4.46. The Morgan fingerprint density at radius 3 is 2.58 bits per heavy atom. The number of carbonyl (C=O) groups is 1. The zero-order valence-corrected chi connectivity index (χ0v) is 17.6.